The van der Waals surface area contributed by atoms with Crippen LogP contribution in [0.25, 0.3) is 16.5 Å². The van der Waals surface area contributed by atoms with E-state index in [0.717, 1.165) is 33.3 Å². The molecule has 0 amide bonds. The third-order valence-electron chi connectivity index (χ3n) is 5.83. The highest BCUT2D eigenvalue weighted by molar-refractivity contribution is 5.84. The molecule has 0 bridgehead atoms. The monoisotopic (exact) mass is 438 g/mol. The average Bonchev–Trinajstić information content (AvgIpc) is 3.15. The first kappa shape index (κ1) is 20.5. The molecule has 0 aliphatic carbocycles. The molecule has 3 N–H and O–H groups in total. The van der Waals surface area contributed by atoms with E-state index in [1.807, 2.05) is 50.2 Å². The van der Waals surface area contributed by atoms with Gasteiger partial charge in [-0.2, -0.15) is 10.4 Å². The van der Waals surface area contributed by atoms with Gasteiger partial charge in [0.2, 0.25) is 11.8 Å². The third kappa shape index (κ3) is 3.33. The highest BCUT2D eigenvalue weighted by atomic mass is 16.5. The zero-order chi connectivity index (χ0) is 23.1. The standard InChI is InChI=1S/C26H22N4O3/c1-3-32-22-13-18(9-11-21(22)31)24-20(14-27)25(28)33-26-23(24)15(2)29-30(26)19-10-8-16-6-4-5-7-17(16)12-19/h4-13,24,31H,3,28H2,1-2H3. The number of nitrogens with zero attached hydrogens (tertiary/aromatic N) is 3. The molecule has 7 heteroatoms. The molecule has 1 atom stereocenters. The first-order chi connectivity index (χ1) is 16.0. The van der Waals surface area contributed by atoms with Gasteiger partial charge in [-0.05, 0) is 54.4 Å². The van der Waals surface area contributed by atoms with E-state index in [-0.39, 0.29) is 17.2 Å². The highest BCUT2D eigenvalue weighted by Crippen LogP contribution is 2.46. The number of nitriles is 1. The van der Waals surface area contributed by atoms with Crippen LogP contribution in [0.3, 0.4) is 0 Å². The van der Waals surface area contributed by atoms with Gasteiger partial charge >= 0.3 is 0 Å². The minimum absolute atomic E-state index is 0.0305. The van der Waals surface area contributed by atoms with Crippen LogP contribution in [0.1, 0.15) is 29.7 Å². The zero-order valence-corrected chi connectivity index (χ0v) is 18.2. The number of nitrogens with two attached hydrogens (primary N) is 1. The molecule has 5 rings (SSSR count). The van der Waals surface area contributed by atoms with E-state index >= 15 is 0 Å². The fourth-order valence-electron chi connectivity index (χ4n) is 4.31. The van der Waals surface area contributed by atoms with Crippen molar-refractivity contribution < 1.29 is 14.6 Å². The van der Waals surface area contributed by atoms with E-state index in [2.05, 4.69) is 12.1 Å². The fourth-order valence-corrected chi connectivity index (χ4v) is 4.31. The molecule has 0 spiro atoms. The second kappa shape index (κ2) is 7.92. The molecule has 1 aliphatic rings. The molecular formula is C26H22N4O3. The second-order valence-electron chi connectivity index (χ2n) is 7.83. The van der Waals surface area contributed by atoms with Gasteiger partial charge in [-0.3, -0.25) is 0 Å². The van der Waals surface area contributed by atoms with Gasteiger partial charge in [-0.1, -0.05) is 36.4 Å². The maximum absolute atomic E-state index is 10.2. The van der Waals surface area contributed by atoms with Crippen LogP contribution < -0.4 is 15.2 Å². The van der Waals surface area contributed by atoms with Crippen LogP contribution in [0.2, 0.25) is 0 Å². The molecule has 3 aromatic carbocycles. The number of phenols is 1. The summed E-state index contributed by atoms with van der Waals surface area (Å²) in [5.74, 6) is 0.372. The van der Waals surface area contributed by atoms with Gasteiger partial charge in [0.1, 0.15) is 11.6 Å². The number of phenolic OH excluding ortho intramolecular Hbond substituents is 1. The lowest BCUT2D eigenvalue weighted by Gasteiger charge is -2.25. The van der Waals surface area contributed by atoms with Gasteiger partial charge in [0.05, 0.1) is 29.5 Å². The Balaban J connectivity index is 1.70. The summed E-state index contributed by atoms with van der Waals surface area (Å²) in [5.41, 5.74) is 9.55. The molecular weight excluding hydrogens is 416 g/mol. The van der Waals surface area contributed by atoms with E-state index in [0.29, 0.717) is 18.2 Å². The number of hydrogen-bond acceptors (Lipinski definition) is 6. The Labute approximate surface area is 190 Å². The van der Waals surface area contributed by atoms with Gasteiger partial charge in [-0.15, -0.1) is 0 Å². The lowest BCUT2D eigenvalue weighted by Crippen LogP contribution is -2.22. The maximum Gasteiger partial charge on any atom is 0.229 e. The molecule has 1 aromatic heterocycles. The van der Waals surface area contributed by atoms with E-state index in [1.54, 1.807) is 22.9 Å². The summed E-state index contributed by atoms with van der Waals surface area (Å²) >= 11 is 0. The molecule has 33 heavy (non-hydrogen) atoms. The largest absolute Gasteiger partial charge is 0.504 e. The Morgan fingerprint density at radius 1 is 1.15 bits per heavy atom. The Hall–Kier alpha value is -4.44. The number of allylic oxidation sites excluding steroid dienone is 1. The molecule has 1 aliphatic heterocycles. The maximum atomic E-state index is 10.2. The number of ether oxygens (including phenoxy) is 2. The van der Waals surface area contributed by atoms with Crippen LogP contribution in [0, 0.1) is 18.3 Å². The minimum Gasteiger partial charge on any atom is -0.504 e. The normalized spacial score (nSPS) is 15.1. The van der Waals surface area contributed by atoms with Crippen molar-refractivity contribution >= 4 is 10.8 Å². The van der Waals surface area contributed by atoms with Gasteiger partial charge < -0.3 is 20.3 Å². The van der Waals surface area contributed by atoms with Crippen molar-refractivity contribution in [3.63, 3.8) is 0 Å². The number of aromatic nitrogens is 2. The van der Waals surface area contributed by atoms with Crippen LogP contribution in [0.5, 0.6) is 17.4 Å². The Bertz CT molecular complexity index is 1460. The molecule has 1 unspecified atom stereocenters. The van der Waals surface area contributed by atoms with Crippen molar-refractivity contribution in [2.24, 2.45) is 5.73 Å². The van der Waals surface area contributed by atoms with Crippen molar-refractivity contribution in [3.8, 4) is 29.1 Å². The Morgan fingerprint density at radius 3 is 2.70 bits per heavy atom. The molecule has 7 nitrogen and oxygen atoms in total. The molecule has 0 fully saturated rings. The van der Waals surface area contributed by atoms with E-state index < -0.39 is 5.92 Å². The summed E-state index contributed by atoms with van der Waals surface area (Å²) < 4.78 is 13.2. The van der Waals surface area contributed by atoms with Gasteiger partial charge in [0.25, 0.3) is 0 Å². The Kier molecular flexibility index (Phi) is 4.91. The Morgan fingerprint density at radius 2 is 1.94 bits per heavy atom. The van der Waals surface area contributed by atoms with Crippen molar-refractivity contribution in [3.05, 3.63) is 88.9 Å². The molecule has 0 saturated heterocycles. The summed E-state index contributed by atoms with van der Waals surface area (Å²) in [6, 6.07) is 21.4. The summed E-state index contributed by atoms with van der Waals surface area (Å²) in [5, 5.41) is 27.0. The first-order valence-corrected chi connectivity index (χ1v) is 10.6. The molecule has 2 heterocycles. The van der Waals surface area contributed by atoms with Crippen molar-refractivity contribution in [2.45, 2.75) is 19.8 Å². The van der Waals surface area contributed by atoms with Crippen LogP contribution in [0.4, 0.5) is 0 Å². The van der Waals surface area contributed by atoms with Gasteiger partial charge in [0.15, 0.2) is 11.5 Å². The summed E-state index contributed by atoms with van der Waals surface area (Å²) in [6.45, 7) is 4.13. The SMILES string of the molecule is CCOc1cc(C2C(C#N)=C(N)Oc3c2c(C)nn3-c2ccc3ccccc3c2)ccc1O. The van der Waals surface area contributed by atoms with E-state index in [1.165, 1.54) is 0 Å². The summed E-state index contributed by atoms with van der Waals surface area (Å²) in [4.78, 5) is 0. The fraction of sp³-hybridized carbons (Fsp3) is 0.154. The van der Waals surface area contributed by atoms with Crippen LogP contribution in [0.15, 0.2) is 72.1 Å². The molecule has 164 valence electrons. The van der Waals surface area contributed by atoms with Crippen molar-refractivity contribution in [2.75, 3.05) is 6.61 Å². The lowest BCUT2D eigenvalue weighted by molar-refractivity contribution is 0.317. The number of hydrogen-bond donors (Lipinski definition) is 2. The lowest BCUT2D eigenvalue weighted by atomic mass is 9.84. The number of benzene rings is 3. The molecule has 0 saturated carbocycles. The molecule has 0 radical (unpaired) electrons. The third-order valence-corrected chi connectivity index (χ3v) is 5.83. The van der Waals surface area contributed by atoms with Crippen LogP contribution >= 0.6 is 0 Å². The van der Waals surface area contributed by atoms with Crippen molar-refractivity contribution in [1.82, 2.24) is 9.78 Å². The number of rotatable bonds is 4. The predicted octanol–water partition coefficient (Wildman–Crippen LogP) is 4.66. The highest BCUT2D eigenvalue weighted by Gasteiger charge is 2.36. The number of aromatic hydroxyl groups is 1. The number of fused-ring (bicyclic) bond motifs is 2. The summed E-state index contributed by atoms with van der Waals surface area (Å²) in [6.07, 6.45) is 0. The van der Waals surface area contributed by atoms with E-state index in [4.69, 9.17) is 20.3 Å². The quantitative estimate of drug-likeness (QED) is 0.480. The minimum atomic E-state index is -0.507. The van der Waals surface area contributed by atoms with Gasteiger partial charge in [-0.25, -0.2) is 4.68 Å². The average molecular weight is 438 g/mol. The van der Waals surface area contributed by atoms with Crippen molar-refractivity contribution in [1.29, 1.82) is 5.26 Å². The first-order valence-electron chi connectivity index (χ1n) is 10.6. The van der Waals surface area contributed by atoms with E-state index in [9.17, 15) is 10.4 Å². The van der Waals surface area contributed by atoms with Crippen LogP contribution in [-0.2, 0) is 0 Å². The van der Waals surface area contributed by atoms with Gasteiger partial charge in [0, 0.05) is 0 Å². The summed E-state index contributed by atoms with van der Waals surface area (Å²) in [7, 11) is 0. The zero-order valence-electron chi connectivity index (χ0n) is 18.2. The second-order valence-corrected chi connectivity index (χ2v) is 7.83. The number of aryl methyl sites for hydroxylation is 1. The topological polar surface area (TPSA) is 106 Å². The predicted molar refractivity (Wildman–Crippen MR) is 124 cm³/mol. The van der Waals surface area contributed by atoms with Crippen LogP contribution in [-0.4, -0.2) is 21.5 Å². The smallest absolute Gasteiger partial charge is 0.229 e. The molecule has 4 aromatic rings.